The Morgan fingerprint density at radius 1 is 1.41 bits per heavy atom. The van der Waals surface area contributed by atoms with Gasteiger partial charge in [0.05, 0.1) is 0 Å². The van der Waals surface area contributed by atoms with Crippen LogP contribution in [0.25, 0.3) is 0 Å². The van der Waals surface area contributed by atoms with Crippen LogP contribution in [-0.2, 0) is 6.54 Å². The van der Waals surface area contributed by atoms with Gasteiger partial charge in [0.15, 0.2) is 0 Å². The molecule has 1 fully saturated rings. The maximum atomic E-state index is 5.88. The second kappa shape index (κ2) is 6.41. The Morgan fingerprint density at radius 2 is 2.29 bits per heavy atom. The zero-order chi connectivity index (χ0) is 12.1. The maximum absolute atomic E-state index is 5.88. The molecule has 1 aliphatic heterocycles. The Labute approximate surface area is 109 Å². The van der Waals surface area contributed by atoms with Crippen LogP contribution < -0.4 is 0 Å². The van der Waals surface area contributed by atoms with E-state index in [-0.39, 0.29) is 0 Å². The lowest BCUT2D eigenvalue weighted by Gasteiger charge is -2.35. The van der Waals surface area contributed by atoms with E-state index in [0.29, 0.717) is 6.04 Å². The highest BCUT2D eigenvalue weighted by Crippen LogP contribution is 2.20. The zero-order valence-corrected chi connectivity index (χ0v) is 11.4. The highest BCUT2D eigenvalue weighted by molar-refractivity contribution is 6.17. The molecule has 0 aliphatic carbocycles. The quantitative estimate of drug-likeness (QED) is 0.755. The number of imidazole rings is 1. The molecule has 3 nitrogen and oxygen atoms in total. The summed E-state index contributed by atoms with van der Waals surface area (Å²) in [6.45, 7) is 5.46. The van der Waals surface area contributed by atoms with E-state index in [1.54, 1.807) is 0 Å². The first-order chi connectivity index (χ1) is 8.31. The van der Waals surface area contributed by atoms with Crippen molar-refractivity contribution in [2.75, 3.05) is 19.0 Å². The van der Waals surface area contributed by atoms with Gasteiger partial charge in [-0.15, -0.1) is 11.6 Å². The van der Waals surface area contributed by atoms with E-state index in [9.17, 15) is 0 Å². The van der Waals surface area contributed by atoms with Gasteiger partial charge in [-0.3, -0.25) is 4.90 Å². The summed E-state index contributed by atoms with van der Waals surface area (Å²) in [7, 11) is 0. The molecule has 1 unspecified atom stereocenters. The Balaban J connectivity index is 1.86. The largest absolute Gasteiger partial charge is 0.334 e. The number of alkyl halides is 1. The average Bonchev–Trinajstić information content (AvgIpc) is 2.74. The molecule has 2 rings (SSSR count). The minimum Gasteiger partial charge on any atom is -0.334 e. The van der Waals surface area contributed by atoms with Crippen molar-refractivity contribution in [1.29, 1.82) is 0 Å². The summed E-state index contributed by atoms with van der Waals surface area (Å²) in [6.07, 6.45) is 9.08. The number of hydrogen-bond acceptors (Lipinski definition) is 2. The fourth-order valence-corrected chi connectivity index (χ4v) is 2.94. The van der Waals surface area contributed by atoms with Crippen molar-refractivity contribution in [3.8, 4) is 0 Å². The predicted octanol–water partition coefficient (Wildman–Crippen LogP) is 2.67. The van der Waals surface area contributed by atoms with E-state index in [2.05, 4.69) is 27.6 Å². The number of aryl methyl sites for hydroxylation is 1. The number of piperidine rings is 1. The van der Waals surface area contributed by atoms with Crippen LogP contribution in [0.2, 0.25) is 0 Å². The van der Waals surface area contributed by atoms with Crippen molar-refractivity contribution in [1.82, 2.24) is 14.5 Å². The predicted molar refractivity (Wildman–Crippen MR) is 71.5 cm³/mol. The van der Waals surface area contributed by atoms with Crippen LogP contribution >= 0.6 is 11.6 Å². The van der Waals surface area contributed by atoms with Gasteiger partial charge < -0.3 is 4.57 Å². The first-order valence-corrected chi connectivity index (χ1v) is 7.12. The zero-order valence-electron chi connectivity index (χ0n) is 10.6. The molecule has 96 valence electrons. The first-order valence-electron chi connectivity index (χ1n) is 6.59. The number of rotatable bonds is 5. The molecule has 1 aliphatic rings. The molecular formula is C13H22ClN3. The molecule has 1 aromatic heterocycles. The number of halogens is 1. The van der Waals surface area contributed by atoms with Crippen LogP contribution in [0.4, 0.5) is 0 Å². The highest BCUT2D eigenvalue weighted by Gasteiger charge is 2.21. The summed E-state index contributed by atoms with van der Waals surface area (Å²) in [5.74, 6) is 1.89. The molecule has 0 aromatic carbocycles. The molecule has 4 heteroatoms. The Kier molecular flexibility index (Phi) is 4.86. The molecule has 17 heavy (non-hydrogen) atoms. The Bertz CT molecular complexity index is 335. The van der Waals surface area contributed by atoms with E-state index < -0.39 is 0 Å². The van der Waals surface area contributed by atoms with Gasteiger partial charge in [-0.1, -0.05) is 6.42 Å². The highest BCUT2D eigenvalue weighted by atomic mass is 35.5. The van der Waals surface area contributed by atoms with Crippen molar-refractivity contribution >= 4 is 11.6 Å². The summed E-state index contributed by atoms with van der Waals surface area (Å²) >= 11 is 5.88. The van der Waals surface area contributed by atoms with Crippen LogP contribution in [0.3, 0.4) is 0 Å². The van der Waals surface area contributed by atoms with Crippen molar-refractivity contribution in [2.24, 2.45) is 0 Å². The van der Waals surface area contributed by atoms with Crippen LogP contribution in [0.5, 0.6) is 0 Å². The van der Waals surface area contributed by atoms with Gasteiger partial charge in [-0.25, -0.2) is 4.98 Å². The van der Waals surface area contributed by atoms with Crippen molar-refractivity contribution in [2.45, 2.75) is 45.2 Å². The van der Waals surface area contributed by atoms with E-state index in [1.165, 1.54) is 25.8 Å². The summed E-state index contributed by atoms with van der Waals surface area (Å²) < 4.78 is 2.23. The molecule has 2 heterocycles. The minimum absolute atomic E-state index is 0.699. The lowest BCUT2D eigenvalue weighted by Crippen LogP contribution is -2.41. The monoisotopic (exact) mass is 255 g/mol. The summed E-state index contributed by atoms with van der Waals surface area (Å²) in [5.41, 5.74) is 0. The molecular weight excluding hydrogens is 234 g/mol. The molecule has 0 spiro atoms. The number of hydrogen-bond donors (Lipinski definition) is 0. The standard InChI is InChI=1S/C13H22ClN3/c1-12-15-7-9-16(12)10-11-17-8-3-2-4-13(17)5-6-14/h7,9,13H,2-6,8,10-11H2,1H3. The molecule has 1 aromatic rings. The Hall–Kier alpha value is -0.540. The van der Waals surface area contributed by atoms with Gasteiger partial charge in [0.1, 0.15) is 5.82 Å². The average molecular weight is 256 g/mol. The molecule has 1 saturated heterocycles. The van der Waals surface area contributed by atoms with Gasteiger partial charge >= 0.3 is 0 Å². The SMILES string of the molecule is Cc1nccn1CCN1CCCCC1CCCl. The third-order valence-corrected chi connectivity index (χ3v) is 3.96. The summed E-state index contributed by atoms with van der Waals surface area (Å²) in [4.78, 5) is 6.86. The molecule has 0 N–H and O–H groups in total. The normalized spacial score (nSPS) is 21.9. The van der Waals surface area contributed by atoms with E-state index in [0.717, 1.165) is 31.2 Å². The van der Waals surface area contributed by atoms with Crippen LogP contribution in [0, 0.1) is 6.92 Å². The lowest BCUT2D eigenvalue weighted by atomic mass is 10.00. The minimum atomic E-state index is 0.699. The van der Waals surface area contributed by atoms with Gasteiger partial charge in [-0.2, -0.15) is 0 Å². The van der Waals surface area contributed by atoms with Gasteiger partial charge in [-0.05, 0) is 32.7 Å². The fraction of sp³-hybridized carbons (Fsp3) is 0.769. The number of nitrogens with zero attached hydrogens (tertiary/aromatic N) is 3. The van der Waals surface area contributed by atoms with E-state index in [4.69, 9.17) is 11.6 Å². The van der Waals surface area contributed by atoms with Crippen LogP contribution in [0.1, 0.15) is 31.5 Å². The van der Waals surface area contributed by atoms with Crippen LogP contribution in [-0.4, -0.2) is 39.5 Å². The third-order valence-electron chi connectivity index (χ3n) is 3.74. The first kappa shape index (κ1) is 12.9. The van der Waals surface area contributed by atoms with Crippen LogP contribution in [0.15, 0.2) is 12.4 Å². The van der Waals surface area contributed by atoms with Gasteiger partial charge in [0.25, 0.3) is 0 Å². The van der Waals surface area contributed by atoms with Gasteiger partial charge in [0, 0.05) is 37.4 Å². The molecule has 0 amide bonds. The Morgan fingerprint density at radius 3 is 3.00 bits per heavy atom. The van der Waals surface area contributed by atoms with E-state index >= 15 is 0 Å². The molecule has 1 atom stereocenters. The fourth-order valence-electron chi connectivity index (χ4n) is 2.68. The molecule has 0 radical (unpaired) electrons. The summed E-state index contributed by atoms with van der Waals surface area (Å²) in [5, 5.41) is 0. The number of aromatic nitrogens is 2. The van der Waals surface area contributed by atoms with Crippen molar-refractivity contribution in [3.05, 3.63) is 18.2 Å². The molecule has 0 saturated carbocycles. The maximum Gasteiger partial charge on any atom is 0.105 e. The van der Waals surface area contributed by atoms with Crippen molar-refractivity contribution < 1.29 is 0 Å². The smallest absolute Gasteiger partial charge is 0.105 e. The van der Waals surface area contributed by atoms with E-state index in [1.807, 2.05) is 6.20 Å². The second-order valence-corrected chi connectivity index (χ2v) is 5.21. The van der Waals surface area contributed by atoms with Gasteiger partial charge in [0.2, 0.25) is 0 Å². The van der Waals surface area contributed by atoms with Crippen molar-refractivity contribution in [3.63, 3.8) is 0 Å². The topological polar surface area (TPSA) is 21.1 Å². The second-order valence-electron chi connectivity index (χ2n) is 4.83. The molecule has 0 bridgehead atoms. The summed E-state index contributed by atoms with van der Waals surface area (Å²) in [6, 6.07) is 0.699. The third kappa shape index (κ3) is 3.46. The number of likely N-dealkylation sites (tertiary alicyclic amines) is 1. The lowest BCUT2D eigenvalue weighted by molar-refractivity contribution is 0.139.